The number of nitrogens with one attached hydrogen (secondary N) is 1. The Bertz CT molecular complexity index is 811. The Morgan fingerprint density at radius 2 is 2.05 bits per heavy atom. The highest BCUT2D eigenvalue weighted by Gasteiger charge is 2.18. The van der Waals surface area contributed by atoms with Crippen LogP contribution in [0.3, 0.4) is 0 Å². The number of hydrogen-bond acceptors (Lipinski definition) is 3. The van der Waals surface area contributed by atoms with Crippen molar-refractivity contribution in [1.82, 2.24) is 9.36 Å². The molecular weight excluding hydrogens is 272 g/mol. The van der Waals surface area contributed by atoms with E-state index >= 15 is 0 Å². The van der Waals surface area contributed by atoms with Gasteiger partial charge in [-0.15, -0.1) is 0 Å². The molecule has 2 aromatic rings. The van der Waals surface area contributed by atoms with Gasteiger partial charge < -0.3 is 5.32 Å². The lowest BCUT2D eigenvalue weighted by Gasteiger charge is -2.10. The highest BCUT2D eigenvalue weighted by atomic mass is 16.2. The summed E-state index contributed by atoms with van der Waals surface area (Å²) in [5.74, 6) is -0.323. The van der Waals surface area contributed by atoms with E-state index in [1.54, 1.807) is 42.9 Å². The Hall–Kier alpha value is -2.99. The second-order valence-electron chi connectivity index (χ2n) is 4.46. The summed E-state index contributed by atoms with van der Waals surface area (Å²) in [4.78, 5) is 26.5. The minimum atomic E-state index is -0.384. The van der Waals surface area contributed by atoms with Crippen molar-refractivity contribution in [3.05, 3.63) is 50.8 Å². The van der Waals surface area contributed by atoms with Gasteiger partial charge in [0, 0.05) is 18.9 Å². The first-order valence-corrected chi connectivity index (χ1v) is 6.18. The summed E-state index contributed by atoms with van der Waals surface area (Å²) in [6.45, 7) is 3.06. The second-order valence-corrected chi connectivity index (χ2v) is 4.46. The second kappa shape index (κ2) is 5.56. The number of rotatable bonds is 3. The molecule has 108 valence electrons. The standard InChI is InChI=1S/C13H14N6O2/c1-8-12(15-9(2)20)13(21)19(18(8)3)11-7-5-4-6-10(11)16-17-14/h4-7H,1-3H3,(H,15,20). The monoisotopic (exact) mass is 286 g/mol. The molecule has 21 heavy (non-hydrogen) atoms. The van der Waals surface area contributed by atoms with E-state index in [1.165, 1.54) is 11.6 Å². The molecule has 1 aromatic heterocycles. The highest BCUT2D eigenvalue weighted by molar-refractivity contribution is 5.89. The Morgan fingerprint density at radius 1 is 1.38 bits per heavy atom. The van der Waals surface area contributed by atoms with Crippen molar-refractivity contribution in [3.8, 4) is 5.69 Å². The molecule has 1 N–H and O–H groups in total. The number of hydrogen-bond donors (Lipinski definition) is 1. The fourth-order valence-corrected chi connectivity index (χ4v) is 2.08. The van der Waals surface area contributed by atoms with Crippen LogP contribution in [0.2, 0.25) is 0 Å². The van der Waals surface area contributed by atoms with Crippen LogP contribution in [0, 0.1) is 6.92 Å². The summed E-state index contributed by atoms with van der Waals surface area (Å²) in [5, 5.41) is 6.11. The van der Waals surface area contributed by atoms with Crippen molar-refractivity contribution in [3.63, 3.8) is 0 Å². The molecule has 8 heteroatoms. The Balaban J connectivity index is 2.74. The zero-order chi connectivity index (χ0) is 15.6. The molecule has 0 saturated carbocycles. The molecule has 0 unspecified atom stereocenters. The van der Waals surface area contributed by atoms with Gasteiger partial charge in [0.05, 0.1) is 17.1 Å². The minimum Gasteiger partial charge on any atom is -0.320 e. The van der Waals surface area contributed by atoms with E-state index in [1.807, 2.05) is 0 Å². The number of benzene rings is 1. The number of azide groups is 1. The van der Waals surface area contributed by atoms with Crippen LogP contribution in [0.4, 0.5) is 11.4 Å². The highest BCUT2D eigenvalue weighted by Crippen LogP contribution is 2.23. The van der Waals surface area contributed by atoms with Crippen LogP contribution in [0.15, 0.2) is 34.2 Å². The van der Waals surface area contributed by atoms with Gasteiger partial charge in [-0.05, 0) is 18.5 Å². The van der Waals surface area contributed by atoms with E-state index in [2.05, 4.69) is 15.3 Å². The topological polar surface area (TPSA) is 105 Å². The fraction of sp³-hybridized carbons (Fsp3) is 0.231. The SMILES string of the molecule is CC(=O)Nc1c(C)n(C)n(-c2ccccc2N=[N+]=[N-])c1=O. The van der Waals surface area contributed by atoms with Gasteiger partial charge in [-0.3, -0.25) is 14.3 Å². The van der Waals surface area contributed by atoms with E-state index in [-0.39, 0.29) is 17.2 Å². The molecule has 0 saturated heterocycles. The van der Waals surface area contributed by atoms with Crippen molar-refractivity contribution >= 4 is 17.3 Å². The maximum Gasteiger partial charge on any atom is 0.295 e. The van der Waals surface area contributed by atoms with Crippen LogP contribution in [-0.4, -0.2) is 15.3 Å². The maximum absolute atomic E-state index is 12.5. The summed E-state index contributed by atoms with van der Waals surface area (Å²) in [6.07, 6.45) is 0. The van der Waals surface area contributed by atoms with Gasteiger partial charge in [-0.2, -0.15) is 0 Å². The number of para-hydroxylation sites is 1. The van der Waals surface area contributed by atoms with E-state index in [4.69, 9.17) is 5.53 Å². The average Bonchev–Trinajstić information content (AvgIpc) is 2.64. The van der Waals surface area contributed by atoms with Crippen molar-refractivity contribution in [2.75, 3.05) is 5.32 Å². The Labute approximate surface area is 120 Å². The smallest absolute Gasteiger partial charge is 0.295 e. The number of carbonyl (C=O) groups is 1. The van der Waals surface area contributed by atoms with Crippen LogP contribution in [-0.2, 0) is 11.8 Å². The Kier molecular flexibility index (Phi) is 3.82. The first kappa shape index (κ1) is 14.4. The summed E-state index contributed by atoms with van der Waals surface area (Å²) in [5.41, 5.74) is 9.82. The number of amides is 1. The van der Waals surface area contributed by atoms with Crippen LogP contribution >= 0.6 is 0 Å². The van der Waals surface area contributed by atoms with Crippen LogP contribution < -0.4 is 10.9 Å². The quantitative estimate of drug-likeness (QED) is 0.531. The Morgan fingerprint density at radius 3 is 2.67 bits per heavy atom. The van der Waals surface area contributed by atoms with Crippen molar-refractivity contribution in [2.24, 2.45) is 12.2 Å². The molecule has 1 aromatic carbocycles. The maximum atomic E-state index is 12.5. The molecule has 0 spiro atoms. The van der Waals surface area contributed by atoms with Gasteiger partial charge in [-0.1, -0.05) is 23.3 Å². The lowest BCUT2D eigenvalue weighted by atomic mass is 10.3. The van der Waals surface area contributed by atoms with Gasteiger partial charge in [0.2, 0.25) is 5.91 Å². The van der Waals surface area contributed by atoms with Gasteiger partial charge >= 0.3 is 0 Å². The van der Waals surface area contributed by atoms with Gasteiger partial charge in [0.15, 0.2) is 0 Å². The molecule has 0 aliphatic carbocycles. The van der Waals surface area contributed by atoms with Gasteiger partial charge in [0.1, 0.15) is 5.69 Å². The van der Waals surface area contributed by atoms with Crippen LogP contribution in [0.25, 0.3) is 16.1 Å². The number of nitrogens with zero attached hydrogens (tertiary/aromatic N) is 5. The van der Waals surface area contributed by atoms with Crippen LogP contribution in [0.5, 0.6) is 0 Å². The summed E-state index contributed by atoms with van der Waals surface area (Å²) >= 11 is 0. The zero-order valence-corrected chi connectivity index (χ0v) is 11.9. The molecule has 0 fully saturated rings. The van der Waals surface area contributed by atoms with Crippen molar-refractivity contribution < 1.29 is 4.79 Å². The molecule has 1 amide bonds. The fourth-order valence-electron chi connectivity index (χ4n) is 2.08. The summed E-state index contributed by atoms with van der Waals surface area (Å²) in [7, 11) is 1.69. The first-order chi connectivity index (χ1) is 9.97. The molecular formula is C13H14N6O2. The molecule has 0 aliphatic rings. The molecule has 1 heterocycles. The third kappa shape index (κ3) is 2.52. The lowest BCUT2D eigenvalue weighted by Crippen LogP contribution is -2.22. The predicted octanol–water partition coefficient (Wildman–Crippen LogP) is 2.38. The third-order valence-corrected chi connectivity index (χ3v) is 3.12. The van der Waals surface area contributed by atoms with Crippen LogP contribution in [0.1, 0.15) is 12.6 Å². The normalized spacial score (nSPS) is 10.0. The number of anilines is 1. The molecule has 0 bridgehead atoms. The minimum absolute atomic E-state index is 0.209. The lowest BCUT2D eigenvalue weighted by molar-refractivity contribution is -0.114. The third-order valence-electron chi connectivity index (χ3n) is 3.12. The van der Waals surface area contributed by atoms with Gasteiger partial charge in [0.25, 0.3) is 5.56 Å². The van der Waals surface area contributed by atoms with Gasteiger partial charge in [-0.25, -0.2) is 4.68 Å². The molecule has 8 nitrogen and oxygen atoms in total. The van der Waals surface area contributed by atoms with Crippen molar-refractivity contribution in [1.29, 1.82) is 0 Å². The molecule has 2 rings (SSSR count). The first-order valence-electron chi connectivity index (χ1n) is 6.18. The van der Waals surface area contributed by atoms with E-state index in [0.717, 1.165) is 0 Å². The number of carbonyl (C=O) groups excluding carboxylic acids is 1. The van der Waals surface area contributed by atoms with Crippen molar-refractivity contribution in [2.45, 2.75) is 13.8 Å². The van der Waals surface area contributed by atoms with E-state index < -0.39 is 0 Å². The average molecular weight is 286 g/mol. The molecule has 0 aliphatic heterocycles. The van der Waals surface area contributed by atoms with E-state index in [9.17, 15) is 9.59 Å². The molecule has 0 radical (unpaired) electrons. The number of aromatic nitrogens is 2. The predicted molar refractivity (Wildman–Crippen MR) is 78.9 cm³/mol. The van der Waals surface area contributed by atoms with E-state index in [0.29, 0.717) is 17.1 Å². The zero-order valence-electron chi connectivity index (χ0n) is 11.9. The largest absolute Gasteiger partial charge is 0.320 e. The molecule has 0 atom stereocenters. The summed E-state index contributed by atoms with van der Waals surface area (Å²) in [6, 6.07) is 6.73. The summed E-state index contributed by atoms with van der Waals surface area (Å²) < 4.78 is 2.95.